The van der Waals surface area contributed by atoms with Gasteiger partial charge in [-0.1, -0.05) is 43.7 Å². The van der Waals surface area contributed by atoms with E-state index in [2.05, 4.69) is 4.98 Å². The summed E-state index contributed by atoms with van der Waals surface area (Å²) in [5, 5.41) is 9.71. The van der Waals surface area contributed by atoms with Gasteiger partial charge in [0.25, 0.3) is 0 Å². The van der Waals surface area contributed by atoms with Gasteiger partial charge in [0.15, 0.2) is 11.6 Å². The number of fused-ring (bicyclic) bond motifs is 1. The Morgan fingerprint density at radius 1 is 1.03 bits per heavy atom. The average molecular weight is 451 g/mol. The summed E-state index contributed by atoms with van der Waals surface area (Å²) in [6.07, 6.45) is 1.39. The van der Waals surface area contributed by atoms with Gasteiger partial charge < -0.3 is 9.84 Å². The number of carboxylic acid groups (broad SMARTS) is 1. The number of aromatic nitrogens is 1. The first kappa shape index (κ1) is 22.3. The predicted octanol–water partition coefficient (Wildman–Crippen LogP) is 6.86. The van der Waals surface area contributed by atoms with Crippen LogP contribution in [0.15, 0.2) is 60.7 Å². The fourth-order valence-electron chi connectivity index (χ4n) is 3.63. The number of carboxylic acids is 1. The maximum atomic E-state index is 15.7. The smallest absolute Gasteiger partial charge is 0.336 e. The highest BCUT2D eigenvalue weighted by Crippen LogP contribution is 2.40. The molecule has 0 aliphatic carbocycles. The zero-order valence-electron chi connectivity index (χ0n) is 17.7. The molecule has 0 spiro atoms. The lowest BCUT2D eigenvalue weighted by Gasteiger charge is -2.17. The molecule has 4 nitrogen and oxygen atoms in total. The second kappa shape index (κ2) is 9.32. The fraction of sp³-hybridized carbons (Fsp3) is 0.154. The van der Waals surface area contributed by atoms with Crippen LogP contribution in [0.25, 0.3) is 33.3 Å². The summed E-state index contributed by atoms with van der Waals surface area (Å²) < 4.78 is 50.5. The van der Waals surface area contributed by atoms with Gasteiger partial charge in [0.05, 0.1) is 28.9 Å². The Kier molecular flexibility index (Phi) is 6.31. The van der Waals surface area contributed by atoms with E-state index in [0.29, 0.717) is 12.0 Å². The van der Waals surface area contributed by atoms with Crippen LogP contribution in [0.1, 0.15) is 30.1 Å². The van der Waals surface area contributed by atoms with E-state index in [1.165, 1.54) is 6.07 Å². The fourth-order valence-corrected chi connectivity index (χ4v) is 3.63. The van der Waals surface area contributed by atoms with E-state index in [1.807, 2.05) is 6.92 Å². The Hall–Kier alpha value is -3.87. The first-order chi connectivity index (χ1) is 15.9. The second-order valence-electron chi connectivity index (χ2n) is 7.51. The van der Waals surface area contributed by atoms with E-state index in [0.717, 1.165) is 30.7 Å². The number of nitrogens with zero attached hydrogens (tertiary/aromatic N) is 1. The lowest BCUT2D eigenvalue weighted by Crippen LogP contribution is -2.06. The third-order valence-corrected chi connectivity index (χ3v) is 5.26. The summed E-state index contributed by atoms with van der Waals surface area (Å²) in [6.45, 7) is 2.08. The average Bonchev–Trinajstić information content (AvgIpc) is 2.81. The molecule has 3 aromatic carbocycles. The number of hydrogen-bond donors (Lipinski definition) is 1. The number of unbranched alkanes of at least 4 members (excludes halogenated alkanes) is 1. The van der Waals surface area contributed by atoms with Gasteiger partial charge in [-0.15, -0.1) is 0 Å². The molecule has 4 rings (SSSR count). The zero-order valence-corrected chi connectivity index (χ0v) is 17.7. The van der Waals surface area contributed by atoms with Gasteiger partial charge >= 0.3 is 5.97 Å². The summed E-state index contributed by atoms with van der Waals surface area (Å²) in [6, 6.07) is 14.1. The van der Waals surface area contributed by atoms with Crippen molar-refractivity contribution in [2.24, 2.45) is 0 Å². The van der Waals surface area contributed by atoms with Crippen LogP contribution in [-0.2, 0) is 0 Å². The van der Waals surface area contributed by atoms with Gasteiger partial charge in [0.1, 0.15) is 11.6 Å². The second-order valence-corrected chi connectivity index (χ2v) is 7.51. The Morgan fingerprint density at radius 3 is 2.48 bits per heavy atom. The third kappa shape index (κ3) is 4.39. The molecule has 0 saturated heterocycles. The third-order valence-electron chi connectivity index (χ3n) is 5.26. The molecule has 4 aromatic rings. The van der Waals surface area contributed by atoms with E-state index in [4.69, 9.17) is 4.74 Å². The minimum Gasteiger partial charge on any atom is -0.490 e. The molecular weight excluding hydrogens is 431 g/mol. The van der Waals surface area contributed by atoms with Crippen molar-refractivity contribution in [2.45, 2.75) is 19.8 Å². The highest BCUT2D eigenvalue weighted by Gasteiger charge is 2.25. The first-order valence-electron chi connectivity index (χ1n) is 10.4. The number of ether oxygens (including phenoxy) is 1. The van der Waals surface area contributed by atoms with Gasteiger partial charge in [-0.3, -0.25) is 0 Å². The molecule has 168 valence electrons. The molecule has 0 aliphatic rings. The van der Waals surface area contributed by atoms with Gasteiger partial charge in [0.2, 0.25) is 0 Å². The van der Waals surface area contributed by atoms with Crippen LogP contribution in [-0.4, -0.2) is 22.7 Å². The molecule has 1 N–H and O–H groups in total. The van der Waals surface area contributed by atoms with Crippen LogP contribution in [0.4, 0.5) is 13.2 Å². The minimum absolute atomic E-state index is 0.0182. The number of hydrogen-bond acceptors (Lipinski definition) is 3. The number of carbonyl (C=O) groups is 1. The maximum absolute atomic E-state index is 15.7. The van der Waals surface area contributed by atoms with Crippen LogP contribution < -0.4 is 4.74 Å². The minimum atomic E-state index is -1.34. The number of rotatable bonds is 7. The molecule has 0 bridgehead atoms. The standard InChI is InChI=1S/C26H20F3NO3/c1-2-3-11-33-25-23(20(28)13-17(24(25)29)15-7-5-4-6-8-15)22-14-19(26(31)32)18-12-16(27)9-10-21(18)30-22/h4-10,12-14H,2-3,11H2,1H3,(H,31,32). The van der Waals surface area contributed by atoms with Crippen LogP contribution in [0.3, 0.4) is 0 Å². The summed E-state index contributed by atoms with van der Waals surface area (Å²) in [4.78, 5) is 16.2. The Labute approximate surface area is 188 Å². The maximum Gasteiger partial charge on any atom is 0.336 e. The highest BCUT2D eigenvalue weighted by atomic mass is 19.1. The van der Waals surface area contributed by atoms with Crippen LogP contribution in [0.2, 0.25) is 0 Å². The molecule has 7 heteroatoms. The molecule has 0 saturated carbocycles. The monoisotopic (exact) mass is 451 g/mol. The summed E-state index contributed by atoms with van der Waals surface area (Å²) in [7, 11) is 0. The van der Waals surface area contributed by atoms with E-state index in [-0.39, 0.29) is 45.6 Å². The van der Waals surface area contributed by atoms with E-state index < -0.39 is 23.4 Å². The van der Waals surface area contributed by atoms with E-state index in [1.54, 1.807) is 30.3 Å². The van der Waals surface area contributed by atoms with Crippen molar-refractivity contribution in [1.29, 1.82) is 0 Å². The van der Waals surface area contributed by atoms with Crippen molar-refractivity contribution in [3.63, 3.8) is 0 Å². The van der Waals surface area contributed by atoms with Gasteiger partial charge in [-0.05, 0) is 42.3 Å². The quantitative estimate of drug-likeness (QED) is 0.312. The molecule has 0 aliphatic heterocycles. The van der Waals surface area contributed by atoms with Crippen LogP contribution >= 0.6 is 0 Å². The largest absolute Gasteiger partial charge is 0.490 e. The molecule has 0 atom stereocenters. The van der Waals surface area contributed by atoms with Crippen molar-refractivity contribution >= 4 is 16.9 Å². The molecular formula is C26H20F3NO3. The molecule has 0 unspecified atom stereocenters. The first-order valence-corrected chi connectivity index (χ1v) is 10.4. The lowest BCUT2D eigenvalue weighted by atomic mass is 9.98. The van der Waals surface area contributed by atoms with Gasteiger partial charge in [0, 0.05) is 10.9 Å². The molecule has 0 fully saturated rings. The topological polar surface area (TPSA) is 59.4 Å². The Morgan fingerprint density at radius 2 is 1.79 bits per heavy atom. The number of halogens is 3. The zero-order chi connectivity index (χ0) is 23.5. The van der Waals surface area contributed by atoms with Crippen molar-refractivity contribution in [2.75, 3.05) is 6.61 Å². The van der Waals surface area contributed by atoms with Crippen molar-refractivity contribution in [1.82, 2.24) is 4.98 Å². The number of benzene rings is 3. The molecule has 33 heavy (non-hydrogen) atoms. The molecule has 0 radical (unpaired) electrons. The van der Waals surface area contributed by atoms with Crippen molar-refractivity contribution < 1.29 is 27.8 Å². The highest BCUT2D eigenvalue weighted by molar-refractivity contribution is 6.04. The summed E-state index contributed by atoms with van der Waals surface area (Å²) in [5.41, 5.74) is -0.0524. The molecule has 1 aromatic heterocycles. The van der Waals surface area contributed by atoms with Gasteiger partial charge in [-0.2, -0.15) is 0 Å². The Balaban J connectivity index is 1.98. The van der Waals surface area contributed by atoms with Crippen LogP contribution in [0.5, 0.6) is 5.75 Å². The van der Waals surface area contributed by atoms with E-state index >= 15 is 8.78 Å². The summed E-state index contributed by atoms with van der Waals surface area (Å²) >= 11 is 0. The molecule has 1 heterocycles. The van der Waals surface area contributed by atoms with Crippen molar-refractivity contribution in [3.05, 3.63) is 83.7 Å². The SMILES string of the molecule is CCCCOc1c(F)c(-c2ccccc2)cc(F)c1-c1cc(C(=O)O)c2cc(F)ccc2n1. The van der Waals surface area contributed by atoms with Crippen molar-refractivity contribution in [3.8, 4) is 28.1 Å². The van der Waals surface area contributed by atoms with Crippen LogP contribution in [0, 0.1) is 17.5 Å². The van der Waals surface area contributed by atoms with E-state index in [9.17, 15) is 14.3 Å². The number of aromatic carboxylic acids is 1. The predicted molar refractivity (Wildman–Crippen MR) is 120 cm³/mol. The number of pyridine rings is 1. The molecule has 0 amide bonds. The lowest BCUT2D eigenvalue weighted by molar-refractivity contribution is 0.0699. The summed E-state index contributed by atoms with van der Waals surface area (Å²) in [5.74, 6) is -3.90. The Bertz CT molecular complexity index is 1340. The normalized spacial score (nSPS) is 11.0. The van der Waals surface area contributed by atoms with Gasteiger partial charge in [-0.25, -0.2) is 22.9 Å².